The Kier molecular flexibility index (Phi) is 3.84. The standard InChI is InChI=1S/C12H12F2N4O/c1-3-15-11-16-10(17-12(18-11)19-2)7-4-8(13)6-9(14)5-7/h4-6H,3H2,1-2H3,(H,15,16,17,18). The molecule has 0 aliphatic carbocycles. The Morgan fingerprint density at radius 2 is 1.79 bits per heavy atom. The third-order valence-electron chi connectivity index (χ3n) is 2.25. The molecule has 2 rings (SSSR count). The molecule has 0 aliphatic heterocycles. The van der Waals surface area contributed by atoms with E-state index in [1.807, 2.05) is 6.92 Å². The largest absolute Gasteiger partial charge is 0.467 e. The van der Waals surface area contributed by atoms with Gasteiger partial charge < -0.3 is 10.1 Å². The van der Waals surface area contributed by atoms with Gasteiger partial charge in [-0.2, -0.15) is 15.0 Å². The van der Waals surface area contributed by atoms with Gasteiger partial charge in [-0.1, -0.05) is 0 Å². The van der Waals surface area contributed by atoms with Gasteiger partial charge in [0.05, 0.1) is 7.11 Å². The first-order valence-corrected chi connectivity index (χ1v) is 5.62. The smallest absolute Gasteiger partial charge is 0.321 e. The summed E-state index contributed by atoms with van der Waals surface area (Å²) < 4.78 is 31.3. The van der Waals surface area contributed by atoms with Gasteiger partial charge in [0.1, 0.15) is 11.6 Å². The number of methoxy groups -OCH3 is 1. The second kappa shape index (κ2) is 5.55. The summed E-state index contributed by atoms with van der Waals surface area (Å²) in [7, 11) is 1.40. The van der Waals surface area contributed by atoms with Gasteiger partial charge in [-0.05, 0) is 19.1 Å². The summed E-state index contributed by atoms with van der Waals surface area (Å²) in [6.07, 6.45) is 0. The third kappa shape index (κ3) is 3.12. The minimum Gasteiger partial charge on any atom is -0.467 e. The molecule has 0 unspecified atom stereocenters. The molecule has 0 fully saturated rings. The number of benzene rings is 1. The third-order valence-corrected chi connectivity index (χ3v) is 2.25. The number of anilines is 1. The maximum atomic E-state index is 13.2. The highest BCUT2D eigenvalue weighted by molar-refractivity contribution is 5.56. The molecule has 100 valence electrons. The van der Waals surface area contributed by atoms with Crippen molar-refractivity contribution in [3.63, 3.8) is 0 Å². The molecule has 0 aliphatic rings. The monoisotopic (exact) mass is 266 g/mol. The SMILES string of the molecule is CCNc1nc(OC)nc(-c2cc(F)cc(F)c2)n1. The molecule has 1 heterocycles. The first kappa shape index (κ1) is 13.1. The summed E-state index contributed by atoms with van der Waals surface area (Å²) in [6.45, 7) is 2.47. The minimum absolute atomic E-state index is 0.0746. The normalized spacial score (nSPS) is 10.3. The molecule has 2 aromatic rings. The van der Waals surface area contributed by atoms with E-state index in [9.17, 15) is 8.78 Å². The maximum absolute atomic E-state index is 13.2. The zero-order valence-electron chi connectivity index (χ0n) is 10.4. The van der Waals surface area contributed by atoms with E-state index in [2.05, 4.69) is 20.3 Å². The molecule has 0 spiro atoms. The molecular formula is C12H12F2N4O. The van der Waals surface area contributed by atoms with Crippen molar-refractivity contribution in [1.29, 1.82) is 0 Å². The summed E-state index contributed by atoms with van der Waals surface area (Å²) in [5, 5.41) is 2.89. The van der Waals surface area contributed by atoms with Crippen LogP contribution >= 0.6 is 0 Å². The van der Waals surface area contributed by atoms with Crippen LogP contribution in [0.3, 0.4) is 0 Å². The number of nitrogens with zero attached hydrogens (tertiary/aromatic N) is 3. The van der Waals surface area contributed by atoms with Crippen molar-refractivity contribution >= 4 is 5.95 Å². The second-order valence-corrected chi connectivity index (χ2v) is 3.66. The van der Waals surface area contributed by atoms with Crippen molar-refractivity contribution in [3.8, 4) is 17.4 Å². The molecule has 0 atom stereocenters. The van der Waals surface area contributed by atoms with Crippen LogP contribution in [0.4, 0.5) is 14.7 Å². The van der Waals surface area contributed by atoms with Crippen LogP contribution in [-0.4, -0.2) is 28.6 Å². The first-order valence-electron chi connectivity index (χ1n) is 5.62. The molecule has 0 saturated carbocycles. The lowest BCUT2D eigenvalue weighted by Crippen LogP contribution is -2.06. The zero-order valence-corrected chi connectivity index (χ0v) is 10.4. The van der Waals surface area contributed by atoms with Gasteiger partial charge >= 0.3 is 6.01 Å². The number of nitrogens with one attached hydrogen (secondary N) is 1. The van der Waals surface area contributed by atoms with Gasteiger partial charge in [0.15, 0.2) is 5.82 Å². The van der Waals surface area contributed by atoms with Gasteiger partial charge in [0.2, 0.25) is 5.95 Å². The summed E-state index contributed by atoms with van der Waals surface area (Å²) in [4.78, 5) is 12.0. The molecule has 5 nitrogen and oxygen atoms in total. The van der Waals surface area contributed by atoms with Crippen molar-refractivity contribution < 1.29 is 13.5 Å². The molecule has 0 bridgehead atoms. The highest BCUT2D eigenvalue weighted by Crippen LogP contribution is 2.20. The van der Waals surface area contributed by atoms with Crippen molar-refractivity contribution in [1.82, 2.24) is 15.0 Å². The Hall–Kier alpha value is -2.31. The van der Waals surface area contributed by atoms with Gasteiger partial charge in [0.25, 0.3) is 0 Å². The molecule has 7 heteroatoms. The zero-order chi connectivity index (χ0) is 13.8. The fourth-order valence-electron chi connectivity index (χ4n) is 1.50. The highest BCUT2D eigenvalue weighted by Gasteiger charge is 2.10. The predicted octanol–water partition coefficient (Wildman–Crippen LogP) is 2.26. The van der Waals surface area contributed by atoms with Gasteiger partial charge in [-0.15, -0.1) is 0 Å². The van der Waals surface area contributed by atoms with Crippen LogP contribution in [0.5, 0.6) is 6.01 Å². The summed E-state index contributed by atoms with van der Waals surface area (Å²) in [5.41, 5.74) is 0.220. The van der Waals surface area contributed by atoms with Crippen molar-refractivity contribution in [3.05, 3.63) is 29.8 Å². The second-order valence-electron chi connectivity index (χ2n) is 3.66. The predicted molar refractivity (Wildman–Crippen MR) is 65.9 cm³/mol. The maximum Gasteiger partial charge on any atom is 0.321 e. The van der Waals surface area contributed by atoms with E-state index in [4.69, 9.17) is 4.74 Å². The van der Waals surface area contributed by atoms with E-state index in [0.717, 1.165) is 18.2 Å². The Balaban J connectivity index is 2.50. The average molecular weight is 266 g/mol. The molecule has 1 N–H and O–H groups in total. The first-order chi connectivity index (χ1) is 9.12. The molecule has 1 aromatic carbocycles. The van der Waals surface area contributed by atoms with Crippen molar-refractivity contribution in [2.24, 2.45) is 0 Å². The fourth-order valence-corrected chi connectivity index (χ4v) is 1.50. The van der Waals surface area contributed by atoms with Crippen LogP contribution in [0.1, 0.15) is 6.92 Å². The van der Waals surface area contributed by atoms with Crippen LogP contribution in [-0.2, 0) is 0 Å². The number of hydrogen-bond acceptors (Lipinski definition) is 5. The van der Waals surface area contributed by atoms with Crippen molar-refractivity contribution in [2.75, 3.05) is 19.0 Å². The molecule has 1 aromatic heterocycles. The van der Waals surface area contributed by atoms with E-state index in [0.29, 0.717) is 6.54 Å². The lowest BCUT2D eigenvalue weighted by Gasteiger charge is -2.07. The Labute approximate surface area is 108 Å². The average Bonchev–Trinajstić information content (AvgIpc) is 2.37. The highest BCUT2D eigenvalue weighted by atomic mass is 19.1. The Morgan fingerprint density at radius 1 is 1.11 bits per heavy atom. The lowest BCUT2D eigenvalue weighted by atomic mass is 10.2. The van der Waals surface area contributed by atoms with Gasteiger partial charge in [-0.25, -0.2) is 8.78 Å². The number of ether oxygens (including phenoxy) is 1. The Bertz CT molecular complexity index is 572. The van der Waals surface area contributed by atoms with E-state index in [-0.39, 0.29) is 23.3 Å². The van der Waals surface area contributed by atoms with Gasteiger partial charge in [-0.3, -0.25) is 0 Å². The number of hydrogen-bond donors (Lipinski definition) is 1. The quantitative estimate of drug-likeness (QED) is 0.919. The van der Waals surface area contributed by atoms with Crippen LogP contribution in [0.25, 0.3) is 11.4 Å². The summed E-state index contributed by atoms with van der Waals surface area (Å²) in [5.74, 6) is -0.964. The topological polar surface area (TPSA) is 59.9 Å². The molecule has 0 saturated heterocycles. The van der Waals surface area contributed by atoms with Crippen LogP contribution < -0.4 is 10.1 Å². The molecule has 0 radical (unpaired) electrons. The van der Waals surface area contributed by atoms with E-state index < -0.39 is 11.6 Å². The molecule has 19 heavy (non-hydrogen) atoms. The van der Waals surface area contributed by atoms with Crippen LogP contribution in [0, 0.1) is 11.6 Å². The van der Waals surface area contributed by atoms with Gasteiger partial charge in [0, 0.05) is 18.2 Å². The number of rotatable bonds is 4. The minimum atomic E-state index is -0.695. The van der Waals surface area contributed by atoms with E-state index in [1.165, 1.54) is 7.11 Å². The Morgan fingerprint density at radius 3 is 2.37 bits per heavy atom. The van der Waals surface area contributed by atoms with Crippen LogP contribution in [0.15, 0.2) is 18.2 Å². The van der Waals surface area contributed by atoms with Crippen molar-refractivity contribution in [2.45, 2.75) is 6.92 Å². The lowest BCUT2D eigenvalue weighted by molar-refractivity contribution is 0.379. The summed E-state index contributed by atoms with van der Waals surface area (Å²) >= 11 is 0. The fraction of sp³-hybridized carbons (Fsp3) is 0.250. The number of halogens is 2. The molecular weight excluding hydrogens is 254 g/mol. The molecule has 0 amide bonds. The summed E-state index contributed by atoms with van der Waals surface area (Å²) in [6, 6.07) is 3.15. The van der Waals surface area contributed by atoms with E-state index in [1.54, 1.807) is 0 Å². The van der Waals surface area contributed by atoms with E-state index >= 15 is 0 Å². The number of aromatic nitrogens is 3. The van der Waals surface area contributed by atoms with Crippen LogP contribution in [0.2, 0.25) is 0 Å².